The molecule has 4 aromatic rings. The van der Waals surface area contributed by atoms with Gasteiger partial charge in [0.15, 0.2) is 11.9 Å². The monoisotopic (exact) mass is 456 g/mol. The summed E-state index contributed by atoms with van der Waals surface area (Å²) in [5.74, 6) is 1.07. The van der Waals surface area contributed by atoms with Crippen LogP contribution in [-0.4, -0.2) is 39.3 Å². The quantitative estimate of drug-likeness (QED) is 0.428. The Morgan fingerprint density at radius 2 is 1.87 bits per heavy atom. The van der Waals surface area contributed by atoms with Gasteiger partial charge in [-0.3, -0.25) is 0 Å². The Bertz CT molecular complexity index is 1200. The second kappa shape index (κ2) is 8.43. The molecule has 2 aromatic heterocycles. The molecule has 1 N–H and O–H groups in total. The van der Waals surface area contributed by atoms with Crippen LogP contribution in [0, 0.1) is 0 Å². The van der Waals surface area contributed by atoms with Crippen molar-refractivity contribution in [2.75, 3.05) is 18.0 Å². The lowest BCUT2D eigenvalue weighted by molar-refractivity contribution is -0.133. The molecule has 2 aromatic carbocycles. The molecule has 0 saturated carbocycles. The number of aliphatic hydroxyl groups excluding tert-OH is 1. The van der Waals surface area contributed by atoms with Crippen LogP contribution in [0.5, 0.6) is 0 Å². The third kappa shape index (κ3) is 4.36. The molecule has 3 heterocycles. The Morgan fingerprint density at radius 3 is 2.65 bits per heavy atom. The molecule has 31 heavy (non-hydrogen) atoms. The summed E-state index contributed by atoms with van der Waals surface area (Å²) >= 11 is 12.2. The van der Waals surface area contributed by atoms with Crippen molar-refractivity contribution in [1.29, 1.82) is 0 Å². The van der Waals surface area contributed by atoms with Gasteiger partial charge in [-0.2, -0.15) is 0 Å². The van der Waals surface area contributed by atoms with E-state index >= 15 is 0 Å². The lowest BCUT2D eigenvalue weighted by Crippen LogP contribution is -2.25. The molecular formula is C22H18Cl2N4O3. The molecule has 158 valence electrons. The van der Waals surface area contributed by atoms with Gasteiger partial charge in [-0.25, -0.2) is 15.0 Å². The Kier molecular flexibility index (Phi) is 5.50. The van der Waals surface area contributed by atoms with Crippen molar-refractivity contribution in [3.63, 3.8) is 0 Å². The first-order valence-electron chi connectivity index (χ1n) is 9.77. The lowest BCUT2D eigenvalue weighted by atomic mass is 10.2. The van der Waals surface area contributed by atoms with Gasteiger partial charge in [-0.15, -0.1) is 0 Å². The third-order valence-corrected chi connectivity index (χ3v) is 5.54. The normalized spacial score (nSPS) is 17.4. The van der Waals surface area contributed by atoms with Crippen molar-refractivity contribution in [2.24, 2.45) is 0 Å². The van der Waals surface area contributed by atoms with Crippen LogP contribution in [0.3, 0.4) is 0 Å². The number of fused-ring (bicyclic) bond motifs is 1. The van der Waals surface area contributed by atoms with E-state index in [1.165, 1.54) is 0 Å². The topological polar surface area (TPSA) is 84.5 Å². The molecule has 1 fully saturated rings. The molecule has 1 aliphatic rings. The molecule has 0 amide bonds. The third-order valence-electron chi connectivity index (χ3n) is 5.11. The number of anilines is 1. The van der Waals surface area contributed by atoms with Crippen molar-refractivity contribution in [3.8, 4) is 11.5 Å². The van der Waals surface area contributed by atoms with E-state index in [-0.39, 0.29) is 6.10 Å². The summed E-state index contributed by atoms with van der Waals surface area (Å²) in [4.78, 5) is 15.1. The molecule has 0 aliphatic carbocycles. The van der Waals surface area contributed by atoms with Crippen LogP contribution in [0.4, 0.5) is 5.95 Å². The fourth-order valence-electron chi connectivity index (χ4n) is 3.63. The van der Waals surface area contributed by atoms with E-state index in [0.29, 0.717) is 50.7 Å². The molecule has 2 unspecified atom stereocenters. The molecule has 7 nitrogen and oxygen atoms in total. The largest absolute Gasteiger partial charge is 0.436 e. The predicted octanol–water partition coefficient (Wildman–Crippen LogP) is 4.88. The molecule has 2 atom stereocenters. The first kappa shape index (κ1) is 20.2. The van der Waals surface area contributed by atoms with Gasteiger partial charge in [0, 0.05) is 46.7 Å². The standard InChI is InChI=1S/C22H18Cl2N4O3/c23-15-8-14(9-16(24)11-15)20-27-18-3-2-13(10-19(18)31-20)21(29)30-17-4-7-28(12-17)22-25-5-1-6-26-22/h1-3,5-6,8-11,17,21,29H,4,7,12H2. The maximum Gasteiger partial charge on any atom is 0.227 e. The van der Waals surface area contributed by atoms with E-state index < -0.39 is 6.29 Å². The van der Waals surface area contributed by atoms with E-state index in [9.17, 15) is 5.11 Å². The second-order valence-electron chi connectivity index (χ2n) is 7.30. The number of halogens is 2. The zero-order valence-electron chi connectivity index (χ0n) is 16.3. The van der Waals surface area contributed by atoms with Gasteiger partial charge in [-0.1, -0.05) is 29.3 Å². The number of nitrogens with zero attached hydrogens (tertiary/aromatic N) is 4. The Balaban J connectivity index is 1.31. The van der Waals surface area contributed by atoms with Crippen LogP contribution in [-0.2, 0) is 4.74 Å². The molecule has 1 aliphatic heterocycles. The van der Waals surface area contributed by atoms with Crippen molar-refractivity contribution in [3.05, 3.63) is 70.5 Å². The second-order valence-corrected chi connectivity index (χ2v) is 8.17. The molecule has 1 saturated heterocycles. The van der Waals surface area contributed by atoms with Crippen LogP contribution >= 0.6 is 23.2 Å². The first-order chi connectivity index (χ1) is 15.0. The zero-order valence-corrected chi connectivity index (χ0v) is 17.8. The summed E-state index contributed by atoms with van der Waals surface area (Å²) in [5, 5.41) is 11.6. The highest BCUT2D eigenvalue weighted by molar-refractivity contribution is 6.35. The van der Waals surface area contributed by atoms with Crippen LogP contribution in [0.2, 0.25) is 10.0 Å². The lowest BCUT2D eigenvalue weighted by Gasteiger charge is -2.19. The number of hydrogen-bond acceptors (Lipinski definition) is 7. The highest BCUT2D eigenvalue weighted by atomic mass is 35.5. The predicted molar refractivity (Wildman–Crippen MR) is 118 cm³/mol. The minimum Gasteiger partial charge on any atom is -0.436 e. The molecule has 0 radical (unpaired) electrons. The van der Waals surface area contributed by atoms with Gasteiger partial charge in [0.05, 0.1) is 6.10 Å². The molecular weight excluding hydrogens is 439 g/mol. The van der Waals surface area contributed by atoms with E-state index in [2.05, 4.69) is 15.0 Å². The summed E-state index contributed by atoms with van der Waals surface area (Å²) in [7, 11) is 0. The number of rotatable bonds is 5. The van der Waals surface area contributed by atoms with Crippen molar-refractivity contribution in [1.82, 2.24) is 15.0 Å². The summed E-state index contributed by atoms with van der Waals surface area (Å²) in [6.45, 7) is 1.39. The first-order valence-corrected chi connectivity index (χ1v) is 10.5. The molecule has 0 bridgehead atoms. The number of ether oxygens (including phenoxy) is 1. The number of benzene rings is 2. The van der Waals surface area contributed by atoms with Crippen molar-refractivity contribution < 1.29 is 14.3 Å². The van der Waals surface area contributed by atoms with Crippen molar-refractivity contribution in [2.45, 2.75) is 18.8 Å². The van der Waals surface area contributed by atoms with Gasteiger partial charge < -0.3 is 19.2 Å². The van der Waals surface area contributed by atoms with E-state index in [4.69, 9.17) is 32.4 Å². The highest BCUT2D eigenvalue weighted by Gasteiger charge is 2.27. The fourth-order valence-corrected chi connectivity index (χ4v) is 4.16. The van der Waals surface area contributed by atoms with Crippen LogP contribution < -0.4 is 4.90 Å². The smallest absolute Gasteiger partial charge is 0.227 e. The summed E-state index contributed by atoms with van der Waals surface area (Å²) in [6.07, 6.45) is 2.99. The van der Waals surface area contributed by atoms with Gasteiger partial charge in [0.25, 0.3) is 0 Å². The SMILES string of the molecule is OC(OC1CCN(c2ncccn2)C1)c1ccc2nc(-c3cc(Cl)cc(Cl)c3)oc2c1. The Hall–Kier alpha value is -2.71. The molecule has 0 spiro atoms. The van der Waals surface area contributed by atoms with Crippen LogP contribution in [0.1, 0.15) is 18.3 Å². The average molecular weight is 457 g/mol. The van der Waals surface area contributed by atoms with Gasteiger partial charge in [0.1, 0.15) is 5.52 Å². The number of hydrogen-bond donors (Lipinski definition) is 1. The number of aliphatic hydroxyl groups is 1. The van der Waals surface area contributed by atoms with Gasteiger partial charge in [-0.05, 0) is 42.8 Å². The Labute approximate surface area is 188 Å². The Morgan fingerprint density at radius 1 is 1.10 bits per heavy atom. The van der Waals surface area contributed by atoms with E-state index in [1.54, 1.807) is 54.9 Å². The van der Waals surface area contributed by atoms with Crippen LogP contribution in [0.15, 0.2) is 59.3 Å². The zero-order chi connectivity index (χ0) is 21.4. The number of aromatic nitrogens is 3. The van der Waals surface area contributed by atoms with Gasteiger partial charge >= 0.3 is 0 Å². The maximum atomic E-state index is 10.6. The molecule has 5 rings (SSSR count). The maximum absolute atomic E-state index is 10.6. The van der Waals surface area contributed by atoms with Crippen molar-refractivity contribution >= 4 is 40.2 Å². The van der Waals surface area contributed by atoms with E-state index in [0.717, 1.165) is 13.0 Å². The summed E-state index contributed by atoms with van der Waals surface area (Å²) < 4.78 is 11.8. The molecule has 9 heteroatoms. The minimum absolute atomic E-state index is 0.131. The van der Waals surface area contributed by atoms with Crippen LogP contribution in [0.25, 0.3) is 22.6 Å². The minimum atomic E-state index is -1.08. The van der Waals surface area contributed by atoms with E-state index in [1.807, 2.05) is 4.90 Å². The highest BCUT2D eigenvalue weighted by Crippen LogP contribution is 2.31. The van der Waals surface area contributed by atoms with Gasteiger partial charge in [0.2, 0.25) is 11.8 Å². The number of oxazole rings is 1. The fraction of sp³-hybridized carbons (Fsp3) is 0.227. The average Bonchev–Trinajstić information content (AvgIpc) is 3.40. The summed E-state index contributed by atoms with van der Waals surface area (Å²) in [6, 6.07) is 12.2. The summed E-state index contributed by atoms with van der Waals surface area (Å²) in [5.41, 5.74) is 2.47.